The normalized spacial score (nSPS) is 51.3. The van der Waals surface area contributed by atoms with Crippen LogP contribution in [0.3, 0.4) is 0 Å². The summed E-state index contributed by atoms with van der Waals surface area (Å²) in [6, 6.07) is 0. The number of fused-ring (bicyclic) bond motifs is 5. The monoisotopic (exact) mass is 404 g/mol. The van der Waals surface area contributed by atoms with Gasteiger partial charge in [-0.3, -0.25) is 4.99 Å². The van der Waals surface area contributed by atoms with Crippen LogP contribution in [0.15, 0.2) is 21.8 Å². The fraction of sp³-hybridized carbons (Fsp3) is 0.826. The summed E-state index contributed by atoms with van der Waals surface area (Å²) in [5.41, 5.74) is 1.02. The molecular formula is C23H36N2O4. The van der Waals surface area contributed by atoms with E-state index in [0.717, 1.165) is 37.1 Å². The van der Waals surface area contributed by atoms with Crippen molar-refractivity contribution in [3.05, 3.63) is 11.6 Å². The molecular weight excluding hydrogens is 368 g/mol. The molecule has 29 heavy (non-hydrogen) atoms. The number of aliphatic imine (C=N–C) groups is 1. The van der Waals surface area contributed by atoms with Gasteiger partial charge in [-0.15, -0.1) is 0 Å². The number of oxime groups is 1. The van der Waals surface area contributed by atoms with Crippen molar-refractivity contribution in [1.29, 1.82) is 0 Å². The molecule has 3 saturated carbocycles. The molecule has 0 radical (unpaired) electrons. The average Bonchev–Trinajstić information content (AvgIpc) is 2.94. The van der Waals surface area contributed by atoms with Crippen LogP contribution in [-0.2, 0) is 0 Å². The zero-order chi connectivity index (χ0) is 21.2. The van der Waals surface area contributed by atoms with Gasteiger partial charge in [-0.2, -0.15) is 0 Å². The van der Waals surface area contributed by atoms with Gasteiger partial charge in [-0.1, -0.05) is 19.0 Å². The number of aliphatic hydroxyl groups is 3. The molecule has 8 atom stereocenters. The van der Waals surface area contributed by atoms with Crippen molar-refractivity contribution in [3.8, 4) is 0 Å². The first-order chi connectivity index (χ1) is 13.6. The highest BCUT2D eigenvalue weighted by Crippen LogP contribution is 2.67. The molecule has 0 saturated heterocycles. The van der Waals surface area contributed by atoms with Gasteiger partial charge in [0.1, 0.15) is 0 Å². The molecule has 6 nitrogen and oxygen atoms in total. The van der Waals surface area contributed by atoms with Crippen LogP contribution in [0.1, 0.15) is 66.2 Å². The van der Waals surface area contributed by atoms with E-state index in [1.165, 1.54) is 0 Å². The summed E-state index contributed by atoms with van der Waals surface area (Å²) >= 11 is 0. The Balaban J connectivity index is 1.80. The molecule has 0 heterocycles. The predicted octanol–water partition coefficient (Wildman–Crippen LogP) is 2.93. The van der Waals surface area contributed by atoms with Gasteiger partial charge in [0, 0.05) is 29.5 Å². The minimum atomic E-state index is -0.962. The highest BCUT2D eigenvalue weighted by atomic mass is 16.4. The van der Waals surface area contributed by atoms with Crippen LogP contribution in [0, 0.1) is 28.6 Å². The number of hydrogen-bond donors (Lipinski definition) is 4. The third kappa shape index (κ3) is 2.71. The van der Waals surface area contributed by atoms with Crippen LogP contribution in [-0.4, -0.2) is 56.3 Å². The molecule has 0 aliphatic heterocycles. The Morgan fingerprint density at radius 1 is 1.14 bits per heavy atom. The van der Waals surface area contributed by atoms with E-state index >= 15 is 0 Å². The maximum atomic E-state index is 12.1. The van der Waals surface area contributed by atoms with E-state index in [1.54, 1.807) is 0 Å². The van der Waals surface area contributed by atoms with E-state index in [9.17, 15) is 20.5 Å². The third-order valence-electron chi connectivity index (χ3n) is 9.16. The topological polar surface area (TPSA) is 106 Å². The summed E-state index contributed by atoms with van der Waals surface area (Å²) < 4.78 is 0. The maximum Gasteiger partial charge on any atom is 0.0923 e. The molecule has 3 fully saturated rings. The van der Waals surface area contributed by atoms with E-state index < -0.39 is 17.8 Å². The Bertz CT molecular complexity index is 777. The SMILES string of the molecule is CCN=C(C)C1CC[C@@]2(O)C3=C/C(=N\O)C4CC(O)C(O)CC4(C)C3CCC12C. The van der Waals surface area contributed by atoms with Crippen LogP contribution >= 0.6 is 0 Å². The first-order valence-electron chi connectivity index (χ1n) is 11.2. The summed E-state index contributed by atoms with van der Waals surface area (Å²) in [5.74, 6) is 0.238. The van der Waals surface area contributed by atoms with Gasteiger partial charge in [0.2, 0.25) is 0 Å². The second kappa shape index (κ2) is 6.89. The van der Waals surface area contributed by atoms with Crippen molar-refractivity contribution < 1.29 is 20.5 Å². The zero-order valence-corrected chi connectivity index (χ0v) is 18.1. The summed E-state index contributed by atoms with van der Waals surface area (Å²) in [6.45, 7) is 9.21. The molecule has 4 N–H and O–H groups in total. The first kappa shape index (κ1) is 21.0. The van der Waals surface area contributed by atoms with E-state index in [2.05, 4.69) is 30.9 Å². The fourth-order valence-corrected chi connectivity index (χ4v) is 7.52. The van der Waals surface area contributed by atoms with E-state index in [0.29, 0.717) is 25.0 Å². The molecule has 4 rings (SSSR count). The van der Waals surface area contributed by atoms with Crippen molar-refractivity contribution in [3.63, 3.8) is 0 Å². The lowest BCUT2D eigenvalue weighted by Gasteiger charge is -2.60. The molecule has 7 unspecified atom stereocenters. The van der Waals surface area contributed by atoms with Crippen LogP contribution in [0.2, 0.25) is 0 Å². The van der Waals surface area contributed by atoms with Gasteiger partial charge in [-0.05, 0) is 75.4 Å². The molecule has 0 aromatic heterocycles. The van der Waals surface area contributed by atoms with Crippen molar-refractivity contribution in [2.45, 2.75) is 84.0 Å². The van der Waals surface area contributed by atoms with Gasteiger partial charge in [0.25, 0.3) is 0 Å². The smallest absolute Gasteiger partial charge is 0.0923 e. The molecule has 0 aromatic carbocycles. The van der Waals surface area contributed by atoms with E-state index in [4.69, 9.17) is 0 Å². The van der Waals surface area contributed by atoms with Crippen molar-refractivity contribution in [2.75, 3.05) is 6.54 Å². The Labute approximate surface area is 173 Å². The van der Waals surface area contributed by atoms with Crippen molar-refractivity contribution in [1.82, 2.24) is 0 Å². The Morgan fingerprint density at radius 3 is 2.52 bits per heavy atom. The van der Waals surface area contributed by atoms with Crippen molar-refractivity contribution >= 4 is 11.4 Å². The zero-order valence-electron chi connectivity index (χ0n) is 18.1. The van der Waals surface area contributed by atoms with Gasteiger partial charge < -0.3 is 20.5 Å². The lowest BCUT2D eigenvalue weighted by Crippen LogP contribution is -2.61. The number of rotatable bonds is 2. The van der Waals surface area contributed by atoms with Gasteiger partial charge in [0.05, 0.1) is 23.5 Å². The van der Waals surface area contributed by atoms with Crippen LogP contribution in [0.5, 0.6) is 0 Å². The second-order valence-corrected chi connectivity index (χ2v) is 10.3. The minimum Gasteiger partial charge on any atom is -0.411 e. The number of nitrogens with zero attached hydrogens (tertiary/aromatic N) is 2. The van der Waals surface area contributed by atoms with Crippen LogP contribution in [0.4, 0.5) is 0 Å². The fourth-order valence-electron chi connectivity index (χ4n) is 7.52. The van der Waals surface area contributed by atoms with Gasteiger partial charge in [-0.25, -0.2) is 0 Å². The molecule has 0 spiro atoms. The quantitative estimate of drug-likeness (QED) is 0.323. The van der Waals surface area contributed by atoms with Gasteiger partial charge in [0.15, 0.2) is 0 Å². The first-order valence-corrected chi connectivity index (χ1v) is 11.2. The number of aliphatic hydroxyl groups excluding tert-OH is 2. The Morgan fingerprint density at radius 2 is 1.86 bits per heavy atom. The molecule has 6 heteroatoms. The van der Waals surface area contributed by atoms with Gasteiger partial charge >= 0.3 is 0 Å². The number of allylic oxidation sites excluding steroid dienone is 1. The maximum absolute atomic E-state index is 12.1. The van der Waals surface area contributed by atoms with E-state index in [1.807, 2.05) is 13.0 Å². The highest BCUT2D eigenvalue weighted by molar-refractivity contribution is 5.99. The summed E-state index contributed by atoms with van der Waals surface area (Å²) in [5, 5.41) is 46.2. The van der Waals surface area contributed by atoms with Crippen LogP contribution < -0.4 is 0 Å². The largest absolute Gasteiger partial charge is 0.411 e. The predicted molar refractivity (Wildman–Crippen MR) is 112 cm³/mol. The van der Waals surface area contributed by atoms with Crippen LogP contribution in [0.25, 0.3) is 0 Å². The van der Waals surface area contributed by atoms with Crippen molar-refractivity contribution in [2.24, 2.45) is 38.7 Å². The second-order valence-electron chi connectivity index (χ2n) is 10.3. The summed E-state index contributed by atoms with van der Waals surface area (Å²) in [4.78, 5) is 4.67. The molecule has 4 aliphatic rings. The van der Waals surface area contributed by atoms with E-state index in [-0.39, 0.29) is 28.6 Å². The molecule has 0 aromatic rings. The molecule has 0 amide bonds. The number of hydrogen-bond acceptors (Lipinski definition) is 6. The molecule has 0 bridgehead atoms. The minimum absolute atomic E-state index is 0.111. The average molecular weight is 405 g/mol. The third-order valence-corrected chi connectivity index (χ3v) is 9.16. The molecule has 4 aliphatic carbocycles. The summed E-state index contributed by atoms with van der Waals surface area (Å²) in [6.07, 6.45) is 4.57. The highest BCUT2D eigenvalue weighted by Gasteiger charge is 2.66. The lowest BCUT2D eigenvalue weighted by atomic mass is 9.46. The standard InChI is InChI=1S/C23H36N2O4/c1-5-24-13(2)14-7-9-23(28)16-10-18(25-29)17-11-19(26)20(27)12-21(17,3)15(16)6-8-22(14,23)4/h10,14-15,17,19-20,26-29H,5-9,11-12H2,1-4H3/b24-13?,25-18+/t14?,15?,17?,19?,20?,21?,22?,23-/m1/s1. The molecule has 162 valence electrons. The lowest BCUT2D eigenvalue weighted by molar-refractivity contribution is -0.115. The Hall–Kier alpha value is -1.24. The Kier molecular flexibility index (Phi) is 4.99. The summed E-state index contributed by atoms with van der Waals surface area (Å²) in [7, 11) is 0.